The highest BCUT2D eigenvalue weighted by Crippen LogP contribution is 2.17. The number of nitrogens with zero attached hydrogens (tertiary/aromatic N) is 4. The third-order valence-corrected chi connectivity index (χ3v) is 18.5. The molecule has 1 aliphatic heterocycles. The zero-order valence-corrected chi connectivity index (χ0v) is 59.0. The molecule has 1 saturated heterocycles. The van der Waals surface area contributed by atoms with Crippen LogP contribution < -0.4 is 0 Å². The van der Waals surface area contributed by atoms with Gasteiger partial charge in [-0.3, -0.25) is 38.4 Å². The molecule has 1 heterocycles. The van der Waals surface area contributed by atoms with Crippen LogP contribution in [0.5, 0.6) is 0 Å². The summed E-state index contributed by atoms with van der Waals surface area (Å²) in [6.45, 7) is 22.8. The average Bonchev–Trinajstić information content (AvgIpc) is 3.47. The lowest BCUT2D eigenvalue weighted by molar-refractivity contribution is -0.152. The first-order chi connectivity index (χ1) is 43.5. The number of carbonyl (C=O) groups is 8. The second kappa shape index (κ2) is 57.6. The van der Waals surface area contributed by atoms with E-state index in [1.165, 1.54) is 47.0 Å². The molecule has 516 valence electrons. The van der Waals surface area contributed by atoms with Gasteiger partial charge in [0.25, 0.3) is 0 Å². The van der Waals surface area contributed by atoms with Crippen molar-refractivity contribution in [1.29, 1.82) is 0 Å². The Morgan fingerprint density at radius 2 is 0.567 bits per heavy atom. The lowest BCUT2D eigenvalue weighted by atomic mass is 10.2. The SMILES string of the molecule is CC/C=C\CCSC(C)C(=O)OCCOC(=O)CCN(CCCN1CCN(CCCN(CCC(=O)OCCOC(=O)C(C)SCC/C=C\CC)CCC(=O)OCCOC(=O)C(C)SCC/C=C\CC)CC1)CCC(=O)OCCOC(=O)C(C)SCC/C=C\CC. The molecule has 0 spiro atoms. The van der Waals surface area contributed by atoms with Crippen molar-refractivity contribution in [2.45, 2.75) is 166 Å². The van der Waals surface area contributed by atoms with Crippen molar-refractivity contribution < 1.29 is 76.3 Å². The van der Waals surface area contributed by atoms with Crippen LogP contribution in [0.3, 0.4) is 0 Å². The smallest absolute Gasteiger partial charge is 0.318 e. The highest BCUT2D eigenvalue weighted by atomic mass is 32.2. The molecule has 0 bridgehead atoms. The van der Waals surface area contributed by atoms with Crippen LogP contribution in [-0.2, 0) is 76.3 Å². The Kier molecular flexibility index (Phi) is 53.8. The summed E-state index contributed by atoms with van der Waals surface area (Å²) in [7, 11) is 0. The van der Waals surface area contributed by atoms with Crippen LogP contribution in [0, 0.1) is 0 Å². The molecule has 0 aliphatic carbocycles. The highest BCUT2D eigenvalue weighted by molar-refractivity contribution is 8.01. The van der Waals surface area contributed by atoms with E-state index in [-0.39, 0.29) is 123 Å². The molecule has 0 radical (unpaired) electrons. The number of thioether (sulfide) groups is 4. The summed E-state index contributed by atoms with van der Waals surface area (Å²) < 4.78 is 43.1. The predicted octanol–water partition coefficient (Wildman–Crippen LogP) is 9.81. The monoisotopic (exact) mass is 1340 g/mol. The number of hydrogen-bond acceptors (Lipinski definition) is 24. The maximum Gasteiger partial charge on any atom is 0.318 e. The predicted molar refractivity (Wildman–Crippen MR) is 365 cm³/mol. The Balaban J connectivity index is 2.77. The van der Waals surface area contributed by atoms with E-state index in [2.05, 4.69) is 86.1 Å². The van der Waals surface area contributed by atoms with Crippen molar-refractivity contribution >= 4 is 94.8 Å². The number of esters is 8. The molecule has 0 aromatic rings. The summed E-state index contributed by atoms with van der Waals surface area (Å²) in [6.07, 6.45) is 26.1. The van der Waals surface area contributed by atoms with Crippen LogP contribution in [0.25, 0.3) is 0 Å². The van der Waals surface area contributed by atoms with Gasteiger partial charge in [0.05, 0.1) is 46.7 Å². The van der Waals surface area contributed by atoms with Crippen LogP contribution in [0.1, 0.15) is 145 Å². The number of ether oxygens (including phenoxy) is 8. The van der Waals surface area contributed by atoms with Crippen molar-refractivity contribution in [3.05, 3.63) is 48.6 Å². The topological polar surface area (TPSA) is 223 Å². The van der Waals surface area contributed by atoms with Crippen LogP contribution in [0.15, 0.2) is 48.6 Å². The minimum Gasteiger partial charge on any atom is -0.462 e. The van der Waals surface area contributed by atoms with Crippen LogP contribution in [-0.4, -0.2) is 243 Å². The lowest BCUT2D eigenvalue weighted by Crippen LogP contribution is -2.47. The van der Waals surface area contributed by atoms with Crippen molar-refractivity contribution in [3.8, 4) is 0 Å². The van der Waals surface area contributed by atoms with Crippen LogP contribution >= 0.6 is 47.0 Å². The van der Waals surface area contributed by atoms with Gasteiger partial charge in [0, 0.05) is 52.4 Å². The Labute approximate surface area is 556 Å². The Bertz CT molecular complexity index is 1810. The summed E-state index contributed by atoms with van der Waals surface area (Å²) in [5, 5.41) is -1.32. The van der Waals surface area contributed by atoms with Crippen molar-refractivity contribution in [3.63, 3.8) is 0 Å². The lowest BCUT2D eigenvalue weighted by Gasteiger charge is -2.35. The molecule has 4 atom stereocenters. The van der Waals surface area contributed by atoms with E-state index in [0.29, 0.717) is 39.3 Å². The second-order valence-corrected chi connectivity index (χ2v) is 27.1. The molecule has 0 saturated carbocycles. The van der Waals surface area contributed by atoms with E-state index < -0.39 is 23.9 Å². The molecule has 90 heavy (non-hydrogen) atoms. The zero-order valence-electron chi connectivity index (χ0n) is 55.8. The third-order valence-electron chi connectivity index (χ3n) is 13.8. The molecular weight excluding hydrogens is 1230 g/mol. The van der Waals surface area contributed by atoms with E-state index in [9.17, 15) is 38.4 Å². The number of carbonyl (C=O) groups excluding carboxylic acids is 8. The van der Waals surface area contributed by atoms with Gasteiger partial charge < -0.3 is 57.5 Å². The third kappa shape index (κ3) is 47.8. The largest absolute Gasteiger partial charge is 0.462 e. The molecule has 1 fully saturated rings. The van der Waals surface area contributed by atoms with Crippen molar-refractivity contribution in [1.82, 2.24) is 19.6 Å². The fraction of sp³-hybridized carbons (Fsp3) is 0.758. The van der Waals surface area contributed by atoms with E-state index in [1.54, 1.807) is 27.7 Å². The molecule has 20 nitrogen and oxygen atoms in total. The quantitative estimate of drug-likeness (QED) is 0.0239. The van der Waals surface area contributed by atoms with E-state index in [0.717, 1.165) is 126 Å². The number of hydrogen-bond donors (Lipinski definition) is 0. The molecular formula is C66H112N4O16S4. The first-order valence-corrected chi connectivity index (χ1v) is 37.0. The van der Waals surface area contributed by atoms with Gasteiger partial charge in [-0.05, 0) is 141 Å². The summed E-state index contributed by atoms with van der Waals surface area (Å²) >= 11 is 6.08. The standard InChI is InChI=1S/C66H112N4O16S4/c1-9-13-17-21-51-87-55(5)63(75)83-47-43-79-59(71)27-35-67(36-28-60(72)80-44-48-84-64(76)56(6)88-52-22-18-14-10-2)31-25-33-69-39-41-70(42-40-69)34-26-32-68(37-29-61(73)81-45-49-85-65(77)57(7)89-53-23-19-15-11-3)38-30-62(74)82-46-50-86-66(78)58(8)90-54-24-20-16-12-4/h13-20,55-58H,9-12,21-54H2,1-8H3/b17-13-,18-14-,19-15-,20-16-. The zero-order chi connectivity index (χ0) is 66.2. The first kappa shape index (κ1) is 84.0. The summed E-state index contributed by atoms with van der Waals surface area (Å²) in [6, 6.07) is 0. The average molecular weight is 1350 g/mol. The normalized spacial score (nSPS) is 14.5. The fourth-order valence-electron chi connectivity index (χ4n) is 8.55. The van der Waals surface area contributed by atoms with Gasteiger partial charge in [-0.15, -0.1) is 47.0 Å². The van der Waals surface area contributed by atoms with Gasteiger partial charge in [-0.25, -0.2) is 0 Å². The Morgan fingerprint density at radius 1 is 0.344 bits per heavy atom. The van der Waals surface area contributed by atoms with Gasteiger partial charge in [0.1, 0.15) is 52.9 Å². The molecule has 24 heteroatoms. The number of piperazine rings is 1. The molecule has 1 aliphatic rings. The van der Waals surface area contributed by atoms with E-state index >= 15 is 0 Å². The van der Waals surface area contributed by atoms with Crippen LogP contribution in [0.2, 0.25) is 0 Å². The molecule has 4 unspecified atom stereocenters. The number of allylic oxidation sites excluding steroid dienone is 8. The minimum atomic E-state index is -0.435. The van der Waals surface area contributed by atoms with Gasteiger partial charge in [-0.2, -0.15) is 0 Å². The van der Waals surface area contributed by atoms with E-state index in [4.69, 9.17) is 37.9 Å². The van der Waals surface area contributed by atoms with Gasteiger partial charge in [0.2, 0.25) is 0 Å². The second-order valence-electron chi connectivity index (χ2n) is 21.4. The van der Waals surface area contributed by atoms with Gasteiger partial charge in [-0.1, -0.05) is 76.3 Å². The summed E-state index contributed by atoms with van der Waals surface area (Å²) in [4.78, 5) is 110. The minimum absolute atomic E-state index is 0.0343. The first-order valence-electron chi connectivity index (χ1n) is 32.8. The van der Waals surface area contributed by atoms with Gasteiger partial charge >= 0.3 is 47.8 Å². The summed E-state index contributed by atoms with van der Waals surface area (Å²) in [5.41, 5.74) is 0. The molecule has 0 amide bonds. The summed E-state index contributed by atoms with van der Waals surface area (Å²) in [5.74, 6) is 0.0879. The Morgan fingerprint density at radius 3 is 0.789 bits per heavy atom. The molecule has 1 rings (SSSR count). The molecule has 0 aromatic carbocycles. The van der Waals surface area contributed by atoms with Crippen molar-refractivity contribution in [2.24, 2.45) is 0 Å². The maximum absolute atomic E-state index is 12.9. The van der Waals surface area contributed by atoms with E-state index in [1.807, 2.05) is 9.80 Å². The maximum atomic E-state index is 12.9. The molecule has 0 aromatic heterocycles. The van der Waals surface area contributed by atoms with Crippen LogP contribution in [0.4, 0.5) is 0 Å². The fourth-order valence-corrected chi connectivity index (χ4v) is 11.9. The van der Waals surface area contributed by atoms with Crippen molar-refractivity contribution in [2.75, 3.05) is 154 Å². The molecule has 0 N–H and O–H groups in total. The Hall–Kier alpha value is -4.04. The highest BCUT2D eigenvalue weighted by Gasteiger charge is 2.22. The van der Waals surface area contributed by atoms with Gasteiger partial charge in [0.15, 0.2) is 0 Å². The number of rotatable bonds is 56.